The van der Waals surface area contributed by atoms with Crippen molar-refractivity contribution in [3.8, 4) is 0 Å². The molecule has 0 saturated carbocycles. The van der Waals surface area contributed by atoms with Gasteiger partial charge in [-0.2, -0.15) is 0 Å². The molecule has 0 amide bonds. The molecule has 23 heavy (non-hydrogen) atoms. The van der Waals surface area contributed by atoms with E-state index in [2.05, 4.69) is 20.2 Å². The number of esters is 1. The predicted molar refractivity (Wildman–Crippen MR) is 87.2 cm³/mol. The molecule has 1 N–H and O–H groups in total. The number of para-hydroxylation sites is 1. The third-order valence-corrected chi connectivity index (χ3v) is 4.37. The molecule has 0 fully saturated rings. The second-order valence-electron chi connectivity index (χ2n) is 5.11. The molecule has 3 aromatic rings. The van der Waals surface area contributed by atoms with Gasteiger partial charge in [-0.1, -0.05) is 18.2 Å². The highest BCUT2D eigenvalue weighted by molar-refractivity contribution is 7.99. The Morgan fingerprint density at radius 1 is 1.26 bits per heavy atom. The van der Waals surface area contributed by atoms with Crippen LogP contribution in [0.3, 0.4) is 0 Å². The number of H-pyrrole nitrogens is 1. The van der Waals surface area contributed by atoms with Crippen LogP contribution in [0.5, 0.6) is 0 Å². The Morgan fingerprint density at radius 3 is 2.74 bits per heavy atom. The lowest BCUT2D eigenvalue weighted by molar-refractivity contribution is -0.142. The number of nitrogens with zero attached hydrogens (tertiary/aromatic N) is 3. The Kier molecular flexibility index (Phi) is 4.29. The van der Waals surface area contributed by atoms with E-state index in [1.54, 1.807) is 0 Å². The number of pyridine rings is 1. The molecule has 0 atom stereocenters. The van der Waals surface area contributed by atoms with E-state index in [1.807, 2.05) is 38.1 Å². The molecule has 3 rings (SSSR count). The number of carbonyl (C=O) groups is 1. The van der Waals surface area contributed by atoms with Crippen LogP contribution in [0.2, 0.25) is 0 Å². The van der Waals surface area contributed by atoms with Gasteiger partial charge < -0.3 is 4.74 Å². The van der Waals surface area contributed by atoms with Gasteiger partial charge in [-0.25, -0.2) is 4.98 Å². The fraction of sp³-hybridized carbons (Fsp3) is 0.250. The fourth-order valence-corrected chi connectivity index (χ4v) is 3.33. The predicted octanol–water partition coefficient (Wildman–Crippen LogP) is 3.18. The van der Waals surface area contributed by atoms with Crippen molar-refractivity contribution in [3.63, 3.8) is 0 Å². The number of aromatic amines is 1. The van der Waals surface area contributed by atoms with Crippen LogP contribution >= 0.6 is 11.8 Å². The summed E-state index contributed by atoms with van der Waals surface area (Å²) < 4.78 is 5.20. The maximum absolute atomic E-state index is 11.2. The topological polar surface area (TPSA) is 80.8 Å². The molecule has 1 aromatic carbocycles. The Bertz CT molecular complexity index is 876. The summed E-state index contributed by atoms with van der Waals surface area (Å²) in [5.74, 6) is 0.436. The Balaban J connectivity index is 2.12. The summed E-state index contributed by atoms with van der Waals surface area (Å²) in [5.41, 5.74) is 2.61. The second-order valence-corrected chi connectivity index (χ2v) is 6.09. The van der Waals surface area contributed by atoms with E-state index in [0.717, 1.165) is 32.9 Å². The van der Waals surface area contributed by atoms with Crippen molar-refractivity contribution in [2.75, 3.05) is 0 Å². The normalized spacial score (nSPS) is 10.9. The first-order valence-corrected chi connectivity index (χ1v) is 7.94. The number of carbonyl (C=O) groups excluding carboxylic acids is 1. The largest absolute Gasteiger partial charge is 0.461 e. The molecular weight excluding hydrogens is 312 g/mol. The van der Waals surface area contributed by atoms with Gasteiger partial charge in [0.05, 0.1) is 5.52 Å². The van der Waals surface area contributed by atoms with E-state index < -0.39 is 0 Å². The molecule has 0 bridgehead atoms. The molecule has 2 aromatic heterocycles. The highest BCUT2D eigenvalue weighted by Gasteiger charge is 2.16. The molecular formula is C16H16N4O2S. The van der Waals surface area contributed by atoms with E-state index in [4.69, 9.17) is 4.74 Å². The molecule has 6 nitrogen and oxygen atoms in total. The number of aromatic nitrogens is 4. The Hall–Kier alpha value is -2.41. The maximum atomic E-state index is 11.2. The number of fused-ring (bicyclic) bond motifs is 1. The van der Waals surface area contributed by atoms with Crippen LogP contribution in [0.25, 0.3) is 10.9 Å². The van der Waals surface area contributed by atoms with Crippen molar-refractivity contribution in [2.45, 2.75) is 37.4 Å². The van der Waals surface area contributed by atoms with Crippen molar-refractivity contribution in [1.82, 2.24) is 20.2 Å². The van der Waals surface area contributed by atoms with Crippen molar-refractivity contribution in [2.24, 2.45) is 0 Å². The van der Waals surface area contributed by atoms with Crippen LogP contribution in [0.1, 0.15) is 24.0 Å². The van der Waals surface area contributed by atoms with Crippen LogP contribution in [0.15, 0.2) is 34.3 Å². The number of rotatable bonds is 4. The molecule has 0 aliphatic heterocycles. The molecule has 2 heterocycles. The maximum Gasteiger partial charge on any atom is 0.302 e. The van der Waals surface area contributed by atoms with Gasteiger partial charge in [-0.3, -0.25) is 14.9 Å². The first-order chi connectivity index (χ1) is 11.0. The van der Waals surface area contributed by atoms with Crippen LogP contribution in [0, 0.1) is 13.8 Å². The van der Waals surface area contributed by atoms with Gasteiger partial charge in [-0.15, -0.1) is 5.10 Å². The summed E-state index contributed by atoms with van der Waals surface area (Å²) in [5, 5.41) is 8.64. The van der Waals surface area contributed by atoms with Gasteiger partial charge >= 0.3 is 5.97 Å². The third kappa shape index (κ3) is 3.34. The van der Waals surface area contributed by atoms with Gasteiger partial charge in [0.25, 0.3) is 0 Å². The molecule has 118 valence electrons. The van der Waals surface area contributed by atoms with E-state index in [1.165, 1.54) is 18.7 Å². The molecule has 7 heteroatoms. The zero-order chi connectivity index (χ0) is 16.4. The average molecular weight is 328 g/mol. The number of hydrogen-bond acceptors (Lipinski definition) is 6. The van der Waals surface area contributed by atoms with Gasteiger partial charge in [-0.05, 0) is 31.7 Å². The SMILES string of the molecule is CC(=O)OCc1c(C)nc2ccccc2c1Sc1n[nH]c(C)n1. The minimum atomic E-state index is -0.317. The van der Waals surface area contributed by atoms with Crippen molar-refractivity contribution >= 4 is 28.6 Å². The number of aryl methyl sites for hydroxylation is 2. The lowest BCUT2D eigenvalue weighted by Gasteiger charge is -2.13. The van der Waals surface area contributed by atoms with Gasteiger partial charge in [0.15, 0.2) is 0 Å². The summed E-state index contributed by atoms with van der Waals surface area (Å²) in [4.78, 5) is 21.1. The smallest absolute Gasteiger partial charge is 0.302 e. The monoisotopic (exact) mass is 328 g/mol. The van der Waals surface area contributed by atoms with E-state index >= 15 is 0 Å². The van der Waals surface area contributed by atoms with Gasteiger partial charge in [0.1, 0.15) is 12.4 Å². The Morgan fingerprint density at radius 2 is 2.04 bits per heavy atom. The lowest BCUT2D eigenvalue weighted by Crippen LogP contribution is -2.04. The van der Waals surface area contributed by atoms with Gasteiger partial charge in [0.2, 0.25) is 5.16 Å². The zero-order valence-electron chi connectivity index (χ0n) is 13.1. The molecule has 0 unspecified atom stereocenters. The van der Waals surface area contributed by atoms with E-state index in [9.17, 15) is 4.79 Å². The van der Waals surface area contributed by atoms with Crippen LogP contribution in [-0.2, 0) is 16.1 Å². The first kappa shape index (κ1) is 15.5. The summed E-state index contributed by atoms with van der Waals surface area (Å²) in [6.45, 7) is 5.35. The van der Waals surface area contributed by atoms with E-state index in [-0.39, 0.29) is 12.6 Å². The standard InChI is InChI=1S/C16H16N4O2S/c1-9-13(8-22-11(3)21)15(23-16-18-10(2)19-20-16)12-6-4-5-7-14(12)17-9/h4-7H,8H2,1-3H3,(H,18,19,20). The van der Waals surface area contributed by atoms with Gasteiger partial charge in [0, 0.05) is 28.5 Å². The summed E-state index contributed by atoms with van der Waals surface area (Å²) >= 11 is 1.45. The summed E-state index contributed by atoms with van der Waals surface area (Å²) in [7, 11) is 0. The number of ether oxygens (including phenoxy) is 1. The molecule has 0 saturated heterocycles. The van der Waals surface area contributed by atoms with Crippen molar-refractivity contribution in [1.29, 1.82) is 0 Å². The van der Waals surface area contributed by atoms with Crippen LogP contribution in [-0.4, -0.2) is 26.1 Å². The van der Waals surface area contributed by atoms with E-state index in [0.29, 0.717) is 5.16 Å². The minimum absolute atomic E-state index is 0.185. The second kappa shape index (κ2) is 6.37. The molecule has 0 aliphatic carbocycles. The number of nitrogens with one attached hydrogen (secondary N) is 1. The molecule has 0 radical (unpaired) electrons. The number of hydrogen-bond donors (Lipinski definition) is 1. The summed E-state index contributed by atoms with van der Waals surface area (Å²) in [6, 6.07) is 7.88. The Labute approximate surface area is 137 Å². The van der Waals surface area contributed by atoms with Crippen molar-refractivity contribution < 1.29 is 9.53 Å². The first-order valence-electron chi connectivity index (χ1n) is 7.13. The molecule has 0 aliphatic rings. The average Bonchev–Trinajstić information content (AvgIpc) is 2.91. The lowest BCUT2D eigenvalue weighted by atomic mass is 10.1. The third-order valence-electron chi connectivity index (χ3n) is 3.34. The van der Waals surface area contributed by atoms with Crippen LogP contribution in [0.4, 0.5) is 0 Å². The fourth-order valence-electron chi connectivity index (χ4n) is 2.26. The van der Waals surface area contributed by atoms with Crippen LogP contribution < -0.4 is 0 Å². The highest BCUT2D eigenvalue weighted by atomic mass is 32.2. The highest BCUT2D eigenvalue weighted by Crippen LogP contribution is 2.35. The summed E-state index contributed by atoms with van der Waals surface area (Å²) in [6.07, 6.45) is 0. The number of benzene rings is 1. The molecule has 0 spiro atoms. The minimum Gasteiger partial charge on any atom is -0.461 e. The zero-order valence-corrected chi connectivity index (χ0v) is 13.9. The van der Waals surface area contributed by atoms with Crippen molar-refractivity contribution in [3.05, 3.63) is 41.3 Å². The quantitative estimate of drug-likeness (QED) is 0.741.